The second-order valence-corrected chi connectivity index (χ2v) is 3.98. The van der Waals surface area contributed by atoms with Crippen LogP contribution < -0.4 is 4.74 Å². The van der Waals surface area contributed by atoms with Crippen LogP contribution in [0.3, 0.4) is 0 Å². The van der Waals surface area contributed by atoms with Crippen LogP contribution in [0, 0.1) is 0 Å². The molecule has 0 atom stereocenters. The molecular formula is C15H15NO2. The fraction of sp³-hybridized carbons (Fsp3) is 0.200. The predicted octanol–water partition coefficient (Wildman–Crippen LogP) is 2.91. The second kappa shape index (κ2) is 5.96. The molecule has 0 amide bonds. The van der Waals surface area contributed by atoms with Gasteiger partial charge in [-0.05, 0) is 30.2 Å². The molecule has 3 nitrogen and oxygen atoms in total. The first-order valence-electron chi connectivity index (χ1n) is 5.86. The maximum atomic E-state index is 12.1. The summed E-state index contributed by atoms with van der Waals surface area (Å²) in [5.41, 5.74) is 1.71. The van der Waals surface area contributed by atoms with Crippen molar-refractivity contribution in [2.24, 2.45) is 0 Å². The topological polar surface area (TPSA) is 39.2 Å². The van der Waals surface area contributed by atoms with Gasteiger partial charge in [0.15, 0.2) is 5.78 Å². The SMILES string of the molecule is COc1ccccc1C(=O)CCc1cccnc1. The van der Waals surface area contributed by atoms with Crippen molar-refractivity contribution in [3.63, 3.8) is 0 Å². The fourth-order valence-electron chi connectivity index (χ4n) is 1.81. The Bertz CT molecular complexity index is 523. The fourth-order valence-corrected chi connectivity index (χ4v) is 1.81. The molecule has 0 aliphatic rings. The number of carbonyl (C=O) groups is 1. The first-order valence-corrected chi connectivity index (χ1v) is 5.86. The van der Waals surface area contributed by atoms with E-state index in [1.54, 1.807) is 31.6 Å². The molecule has 0 saturated heterocycles. The number of carbonyl (C=O) groups excluding carboxylic acids is 1. The van der Waals surface area contributed by atoms with Crippen LogP contribution in [0.4, 0.5) is 0 Å². The zero-order valence-corrected chi connectivity index (χ0v) is 10.3. The minimum absolute atomic E-state index is 0.0938. The lowest BCUT2D eigenvalue weighted by molar-refractivity contribution is 0.0980. The molecule has 2 rings (SSSR count). The zero-order valence-electron chi connectivity index (χ0n) is 10.3. The summed E-state index contributed by atoms with van der Waals surface area (Å²) < 4.78 is 5.19. The zero-order chi connectivity index (χ0) is 12.8. The number of pyridine rings is 1. The lowest BCUT2D eigenvalue weighted by Crippen LogP contribution is -2.03. The number of rotatable bonds is 5. The summed E-state index contributed by atoms with van der Waals surface area (Å²) in [4.78, 5) is 16.1. The van der Waals surface area contributed by atoms with Crippen LogP contribution in [-0.4, -0.2) is 17.9 Å². The predicted molar refractivity (Wildman–Crippen MR) is 69.9 cm³/mol. The van der Waals surface area contributed by atoms with Crippen molar-refractivity contribution in [2.75, 3.05) is 7.11 Å². The molecule has 2 aromatic rings. The van der Waals surface area contributed by atoms with Gasteiger partial charge in [-0.3, -0.25) is 9.78 Å². The van der Waals surface area contributed by atoms with Crippen LogP contribution >= 0.6 is 0 Å². The molecule has 1 aromatic heterocycles. The van der Waals surface area contributed by atoms with Crippen molar-refractivity contribution < 1.29 is 9.53 Å². The molecule has 0 fully saturated rings. The van der Waals surface area contributed by atoms with Crippen molar-refractivity contribution >= 4 is 5.78 Å². The van der Waals surface area contributed by atoms with Crippen LogP contribution in [0.1, 0.15) is 22.3 Å². The lowest BCUT2D eigenvalue weighted by Gasteiger charge is -2.06. The summed E-state index contributed by atoms with van der Waals surface area (Å²) in [6.07, 6.45) is 4.68. The highest BCUT2D eigenvalue weighted by Crippen LogP contribution is 2.19. The number of nitrogens with zero attached hydrogens (tertiary/aromatic N) is 1. The van der Waals surface area contributed by atoms with Crippen molar-refractivity contribution in [1.29, 1.82) is 0 Å². The highest BCUT2D eigenvalue weighted by Gasteiger charge is 2.11. The van der Waals surface area contributed by atoms with Gasteiger partial charge in [0.25, 0.3) is 0 Å². The Balaban J connectivity index is 2.04. The molecule has 1 heterocycles. The molecular weight excluding hydrogens is 226 g/mol. The van der Waals surface area contributed by atoms with E-state index in [-0.39, 0.29) is 5.78 Å². The quantitative estimate of drug-likeness (QED) is 0.755. The first kappa shape index (κ1) is 12.3. The normalized spacial score (nSPS) is 10.1. The number of benzene rings is 1. The number of aromatic nitrogens is 1. The third kappa shape index (κ3) is 2.94. The standard InChI is InChI=1S/C15H15NO2/c1-18-15-7-3-2-6-13(15)14(17)9-8-12-5-4-10-16-11-12/h2-7,10-11H,8-9H2,1H3. The number of aryl methyl sites for hydroxylation is 1. The Morgan fingerprint density at radius 1 is 1.22 bits per heavy atom. The average Bonchev–Trinajstić information content (AvgIpc) is 2.45. The molecule has 0 radical (unpaired) electrons. The van der Waals surface area contributed by atoms with E-state index in [0.717, 1.165) is 5.56 Å². The van der Waals surface area contributed by atoms with Gasteiger partial charge in [-0.1, -0.05) is 18.2 Å². The van der Waals surface area contributed by atoms with E-state index in [1.807, 2.05) is 24.3 Å². The third-order valence-electron chi connectivity index (χ3n) is 2.77. The average molecular weight is 241 g/mol. The third-order valence-corrected chi connectivity index (χ3v) is 2.77. The van der Waals surface area contributed by atoms with Crippen LogP contribution in [-0.2, 0) is 6.42 Å². The van der Waals surface area contributed by atoms with Crippen LogP contribution in [0.5, 0.6) is 5.75 Å². The molecule has 0 spiro atoms. The van der Waals surface area contributed by atoms with Crippen LogP contribution in [0.15, 0.2) is 48.8 Å². The van der Waals surface area contributed by atoms with Crippen molar-refractivity contribution in [2.45, 2.75) is 12.8 Å². The smallest absolute Gasteiger partial charge is 0.166 e. The van der Waals surface area contributed by atoms with Gasteiger partial charge in [0, 0.05) is 18.8 Å². The summed E-state index contributed by atoms with van der Waals surface area (Å²) in [7, 11) is 1.58. The van der Waals surface area contributed by atoms with E-state index in [1.165, 1.54) is 0 Å². The molecule has 0 N–H and O–H groups in total. The van der Waals surface area contributed by atoms with E-state index in [4.69, 9.17) is 4.74 Å². The first-order chi connectivity index (χ1) is 8.81. The van der Waals surface area contributed by atoms with Gasteiger partial charge in [-0.2, -0.15) is 0 Å². The Labute approximate surface area is 106 Å². The molecule has 0 aliphatic carbocycles. The Hall–Kier alpha value is -2.16. The summed E-state index contributed by atoms with van der Waals surface area (Å²) in [5, 5.41) is 0. The minimum atomic E-state index is 0.0938. The maximum absolute atomic E-state index is 12.1. The molecule has 0 aliphatic heterocycles. The summed E-state index contributed by atoms with van der Waals surface area (Å²) in [6.45, 7) is 0. The van der Waals surface area contributed by atoms with Crippen molar-refractivity contribution in [3.8, 4) is 5.75 Å². The molecule has 18 heavy (non-hydrogen) atoms. The van der Waals surface area contributed by atoms with Gasteiger partial charge >= 0.3 is 0 Å². The number of hydrogen-bond donors (Lipinski definition) is 0. The van der Waals surface area contributed by atoms with Gasteiger partial charge in [0.05, 0.1) is 12.7 Å². The van der Waals surface area contributed by atoms with Gasteiger partial charge in [0.1, 0.15) is 5.75 Å². The molecule has 92 valence electrons. The van der Waals surface area contributed by atoms with E-state index in [2.05, 4.69) is 4.98 Å². The number of methoxy groups -OCH3 is 1. The summed E-state index contributed by atoms with van der Waals surface area (Å²) >= 11 is 0. The summed E-state index contributed by atoms with van der Waals surface area (Å²) in [6, 6.07) is 11.2. The van der Waals surface area contributed by atoms with Crippen LogP contribution in [0.2, 0.25) is 0 Å². The maximum Gasteiger partial charge on any atom is 0.166 e. The molecule has 0 unspecified atom stereocenters. The van der Waals surface area contributed by atoms with Gasteiger partial charge < -0.3 is 4.74 Å². The monoisotopic (exact) mass is 241 g/mol. The van der Waals surface area contributed by atoms with Crippen molar-refractivity contribution in [1.82, 2.24) is 4.98 Å². The van der Waals surface area contributed by atoms with E-state index < -0.39 is 0 Å². The Morgan fingerprint density at radius 2 is 2.06 bits per heavy atom. The van der Waals surface area contributed by atoms with Crippen molar-refractivity contribution in [3.05, 3.63) is 59.9 Å². The number of hydrogen-bond acceptors (Lipinski definition) is 3. The largest absolute Gasteiger partial charge is 0.496 e. The highest BCUT2D eigenvalue weighted by molar-refractivity contribution is 5.98. The summed E-state index contributed by atoms with van der Waals surface area (Å²) in [5.74, 6) is 0.727. The number of ketones is 1. The van der Waals surface area contributed by atoms with Crippen LogP contribution in [0.25, 0.3) is 0 Å². The molecule has 3 heteroatoms. The second-order valence-electron chi connectivity index (χ2n) is 3.98. The van der Waals surface area contributed by atoms with Gasteiger partial charge in [0.2, 0.25) is 0 Å². The van der Waals surface area contributed by atoms with Gasteiger partial charge in [-0.25, -0.2) is 0 Å². The highest BCUT2D eigenvalue weighted by atomic mass is 16.5. The molecule has 0 saturated carbocycles. The lowest BCUT2D eigenvalue weighted by atomic mass is 10.0. The van der Waals surface area contributed by atoms with Gasteiger partial charge in [-0.15, -0.1) is 0 Å². The minimum Gasteiger partial charge on any atom is -0.496 e. The Morgan fingerprint density at radius 3 is 2.78 bits per heavy atom. The number of Topliss-reactive ketones (excluding diaryl/α,β-unsaturated/α-hetero) is 1. The van der Waals surface area contributed by atoms with E-state index in [9.17, 15) is 4.79 Å². The molecule has 1 aromatic carbocycles. The van der Waals surface area contributed by atoms with E-state index in [0.29, 0.717) is 24.2 Å². The number of ether oxygens (including phenoxy) is 1. The number of para-hydroxylation sites is 1. The molecule has 0 bridgehead atoms. The Kier molecular flexibility index (Phi) is 4.07. The van der Waals surface area contributed by atoms with E-state index >= 15 is 0 Å².